The van der Waals surface area contributed by atoms with Crippen molar-refractivity contribution in [1.82, 2.24) is 0 Å². The summed E-state index contributed by atoms with van der Waals surface area (Å²) in [5, 5.41) is 8.56. The van der Waals surface area contributed by atoms with Crippen molar-refractivity contribution < 1.29 is 33.7 Å². The molecule has 2 atom stereocenters. The van der Waals surface area contributed by atoms with Crippen LogP contribution in [0.1, 0.15) is 39.0 Å². The van der Waals surface area contributed by atoms with Crippen molar-refractivity contribution >= 4 is 17.9 Å². The molecule has 1 rings (SSSR count). The molecular formula is C15H22O7. The number of ether oxygens (including phenoxy) is 3. The topological polar surface area (TPSA) is 99.1 Å². The van der Waals surface area contributed by atoms with Gasteiger partial charge in [-0.2, -0.15) is 0 Å². The Morgan fingerprint density at radius 1 is 1.36 bits per heavy atom. The number of carboxylic acid groups (broad SMARTS) is 1. The van der Waals surface area contributed by atoms with E-state index in [1.165, 1.54) is 0 Å². The lowest BCUT2D eigenvalue weighted by atomic mass is 10.1. The molecule has 1 fully saturated rings. The molecule has 124 valence electrons. The second-order valence-corrected chi connectivity index (χ2v) is 5.18. The molecule has 1 aliphatic heterocycles. The van der Waals surface area contributed by atoms with Crippen LogP contribution in [0, 0.1) is 0 Å². The molecule has 0 spiro atoms. The van der Waals surface area contributed by atoms with Crippen LogP contribution >= 0.6 is 0 Å². The van der Waals surface area contributed by atoms with Gasteiger partial charge in [-0.15, -0.1) is 0 Å². The molecule has 7 nitrogen and oxygen atoms in total. The van der Waals surface area contributed by atoms with E-state index in [2.05, 4.69) is 6.58 Å². The van der Waals surface area contributed by atoms with Gasteiger partial charge in [0.1, 0.15) is 6.10 Å². The lowest BCUT2D eigenvalue weighted by molar-refractivity contribution is -0.159. The Morgan fingerprint density at radius 3 is 2.64 bits per heavy atom. The van der Waals surface area contributed by atoms with E-state index in [9.17, 15) is 14.4 Å². The standard InChI is InChI=1S/C15H22O7/c1-10(2)15(19)21-9-7-12(11-4-3-8-20-11)22-14(18)6-5-13(16)17/h11-12H,1,3-9H2,2H3,(H,16,17). The lowest BCUT2D eigenvalue weighted by Crippen LogP contribution is -2.32. The molecule has 0 saturated carbocycles. The number of carbonyl (C=O) groups excluding carboxylic acids is 2. The second-order valence-electron chi connectivity index (χ2n) is 5.18. The Morgan fingerprint density at radius 2 is 2.09 bits per heavy atom. The molecule has 0 radical (unpaired) electrons. The van der Waals surface area contributed by atoms with Gasteiger partial charge in [-0.1, -0.05) is 6.58 Å². The van der Waals surface area contributed by atoms with Crippen molar-refractivity contribution in [2.75, 3.05) is 13.2 Å². The van der Waals surface area contributed by atoms with Crippen LogP contribution in [0.2, 0.25) is 0 Å². The quantitative estimate of drug-likeness (QED) is 0.508. The second kappa shape index (κ2) is 9.19. The highest BCUT2D eigenvalue weighted by Crippen LogP contribution is 2.21. The van der Waals surface area contributed by atoms with Crippen LogP contribution in [0.25, 0.3) is 0 Å². The van der Waals surface area contributed by atoms with Crippen molar-refractivity contribution in [2.45, 2.75) is 51.2 Å². The predicted molar refractivity (Wildman–Crippen MR) is 76.1 cm³/mol. The van der Waals surface area contributed by atoms with Crippen LogP contribution in [0.15, 0.2) is 12.2 Å². The fraction of sp³-hybridized carbons (Fsp3) is 0.667. The van der Waals surface area contributed by atoms with E-state index >= 15 is 0 Å². The Kier molecular flexibility index (Phi) is 7.59. The van der Waals surface area contributed by atoms with E-state index in [1.807, 2.05) is 0 Å². The fourth-order valence-corrected chi connectivity index (χ4v) is 2.04. The summed E-state index contributed by atoms with van der Waals surface area (Å²) in [6, 6.07) is 0. The van der Waals surface area contributed by atoms with E-state index < -0.39 is 24.0 Å². The zero-order chi connectivity index (χ0) is 16.5. The summed E-state index contributed by atoms with van der Waals surface area (Å²) in [4.78, 5) is 33.4. The SMILES string of the molecule is C=C(C)C(=O)OCCC(OC(=O)CCC(=O)O)C1CCCO1. The van der Waals surface area contributed by atoms with E-state index in [0.717, 1.165) is 12.8 Å². The number of rotatable bonds is 9. The average Bonchev–Trinajstić information content (AvgIpc) is 2.97. The minimum Gasteiger partial charge on any atom is -0.481 e. The first kappa shape index (κ1) is 18.2. The maximum absolute atomic E-state index is 11.7. The Labute approximate surface area is 129 Å². The third kappa shape index (κ3) is 6.71. The normalized spacial score (nSPS) is 18.5. The van der Waals surface area contributed by atoms with Crippen molar-refractivity contribution in [3.8, 4) is 0 Å². The molecule has 0 aromatic carbocycles. The molecule has 22 heavy (non-hydrogen) atoms. The van der Waals surface area contributed by atoms with Crippen molar-refractivity contribution in [3.05, 3.63) is 12.2 Å². The molecular weight excluding hydrogens is 292 g/mol. The van der Waals surface area contributed by atoms with Crippen molar-refractivity contribution in [3.63, 3.8) is 0 Å². The largest absolute Gasteiger partial charge is 0.481 e. The van der Waals surface area contributed by atoms with Gasteiger partial charge >= 0.3 is 17.9 Å². The summed E-state index contributed by atoms with van der Waals surface area (Å²) in [5.41, 5.74) is 0.298. The number of carbonyl (C=O) groups is 3. The summed E-state index contributed by atoms with van der Waals surface area (Å²) in [5.74, 6) is -2.14. The van der Waals surface area contributed by atoms with Crippen LogP contribution in [0.4, 0.5) is 0 Å². The van der Waals surface area contributed by atoms with Crippen LogP contribution < -0.4 is 0 Å². The first-order valence-electron chi connectivity index (χ1n) is 7.25. The minimum absolute atomic E-state index is 0.0857. The molecule has 0 aromatic heterocycles. The summed E-state index contributed by atoms with van der Waals surface area (Å²) in [6.07, 6.45) is 0.693. The van der Waals surface area contributed by atoms with E-state index in [1.54, 1.807) is 6.92 Å². The van der Waals surface area contributed by atoms with Gasteiger partial charge in [0.25, 0.3) is 0 Å². The maximum Gasteiger partial charge on any atom is 0.333 e. The van der Waals surface area contributed by atoms with Crippen LogP contribution in [-0.4, -0.2) is 48.4 Å². The summed E-state index contributed by atoms with van der Waals surface area (Å²) in [6.45, 7) is 5.71. The molecule has 7 heteroatoms. The highest BCUT2D eigenvalue weighted by molar-refractivity contribution is 5.86. The molecule has 0 aliphatic carbocycles. The van der Waals surface area contributed by atoms with E-state index in [-0.39, 0.29) is 25.6 Å². The smallest absolute Gasteiger partial charge is 0.333 e. The Hall–Kier alpha value is -1.89. The minimum atomic E-state index is -1.05. The molecule has 2 unspecified atom stereocenters. The number of hydrogen-bond acceptors (Lipinski definition) is 6. The molecule has 1 aliphatic rings. The number of carboxylic acids is 1. The van der Waals surface area contributed by atoms with E-state index in [4.69, 9.17) is 19.3 Å². The van der Waals surface area contributed by atoms with Gasteiger partial charge in [0.05, 0.1) is 25.6 Å². The van der Waals surface area contributed by atoms with Crippen molar-refractivity contribution in [1.29, 1.82) is 0 Å². The van der Waals surface area contributed by atoms with Gasteiger partial charge in [0.15, 0.2) is 0 Å². The van der Waals surface area contributed by atoms with Gasteiger partial charge in [0.2, 0.25) is 0 Å². The zero-order valence-electron chi connectivity index (χ0n) is 12.7. The molecule has 0 aromatic rings. The number of hydrogen-bond donors (Lipinski definition) is 1. The molecule has 1 N–H and O–H groups in total. The first-order chi connectivity index (χ1) is 10.4. The van der Waals surface area contributed by atoms with Crippen LogP contribution in [0.3, 0.4) is 0 Å². The Bertz CT molecular complexity index is 424. The lowest BCUT2D eigenvalue weighted by Gasteiger charge is -2.23. The fourth-order valence-electron chi connectivity index (χ4n) is 2.04. The maximum atomic E-state index is 11.7. The first-order valence-corrected chi connectivity index (χ1v) is 7.25. The van der Waals surface area contributed by atoms with Gasteiger partial charge < -0.3 is 19.3 Å². The summed E-state index contributed by atoms with van der Waals surface area (Å²) >= 11 is 0. The average molecular weight is 314 g/mol. The third-order valence-electron chi connectivity index (χ3n) is 3.19. The van der Waals surface area contributed by atoms with Gasteiger partial charge in [-0.3, -0.25) is 9.59 Å². The monoisotopic (exact) mass is 314 g/mol. The Balaban J connectivity index is 2.45. The van der Waals surface area contributed by atoms with Crippen LogP contribution in [0.5, 0.6) is 0 Å². The summed E-state index contributed by atoms with van der Waals surface area (Å²) in [7, 11) is 0. The predicted octanol–water partition coefficient (Wildman–Crippen LogP) is 1.45. The van der Waals surface area contributed by atoms with Gasteiger partial charge in [-0.05, 0) is 19.8 Å². The van der Waals surface area contributed by atoms with Crippen LogP contribution in [-0.2, 0) is 28.6 Å². The summed E-state index contributed by atoms with van der Waals surface area (Å²) < 4.78 is 15.8. The zero-order valence-corrected chi connectivity index (χ0v) is 12.7. The molecule has 0 amide bonds. The van der Waals surface area contributed by atoms with Gasteiger partial charge in [-0.25, -0.2) is 4.79 Å². The van der Waals surface area contributed by atoms with Gasteiger partial charge in [0, 0.05) is 18.6 Å². The number of aliphatic carboxylic acids is 1. The third-order valence-corrected chi connectivity index (χ3v) is 3.19. The molecule has 1 heterocycles. The highest BCUT2D eigenvalue weighted by Gasteiger charge is 2.29. The number of esters is 2. The molecule has 1 saturated heterocycles. The molecule has 0 bridgehead atoms. The van der Waals surface area contributed by atoms with Crippen molar-refractivity contribution in [2.24, 2.45) is 0 Å². The van der Waals surface area contributed by atoms with E-state index in [0.29, 0.717) is 18.6 Å². The highest BCUT2D eigenvalue weighted by atomic mass is 16.6.